The summed E-state index contributed by atoms with van der Waals surface area (Å²) in [7, 11) is 1.46. The minimum atomic E-state index is -3.01. The van der Waals surface area contributed by atoms with E-state index in [9.17, 15) is 8.78 Å². The third-order valence-electron chi connectivity index (χ3n) is 2.92. The molecule has 1 heterocycles. The molecule has 0 atom stereocenters. The van der Waals surface area contributed by atoms with E-state index in [0.29, 0.717) is 11.6 Å². The van der Waals surface area contributed by atoms with Gasteiger partial charge in [0.25, 0.3) is 0 Å². The Morgan fingerprint density at radius 3 is 2.85 bits per heavy atom. The van der Waals surface area contributed by atoms with Gasteiger partial charge in [0.05, 0.1) is 23.5 Å². The Balaban J connectivity index is 2.03. The van der Waals surface area contributed by atoms with E-state index < -0.39 is 6.61 Å². The summed E-state index contributed by atoms with van der Waals surface area (Å²) in [6, 6.07) is 5.77. The molecule has 0 aliphatic carbocycles. The average molecular weight is 388 g/mol. The van der Waals surface area contributed by atoms with Crippen molar-refractivity contribution in [2.75, 3.05) is 18.7 Å². The first kappa shape index (κ1) is 19.5. The van der Waals surface area contributed by atoms with Gasteiger partial charge < -0.3 is 19.9 Å². The zero-order valence-corrected chi connectivity index (χ0v) is 14.4. The van der Waals surface area contributed by atoms with Crippen molar-refractivity contribution < 1.29 is 23.0 Å². The summed E-state index contributed by atoms with van der Waals surface area (Å²) < 4.78 is 39.3. The number of anilines is 1. The molecular weight excluding hydrogens is 372 g/mol. The van der Waals surface area contributed by atoms with Crippen LogP contribution in [0.4, 0.5) is 14.5 Å². The van der Waals surface area contributed by atoms with Crippen molar-refractivity contribution in [1.82, 2.24) is 9.97 Å². The number of benzene rings is 1. The predicted molar refractivity (Wildman–Crippen MR) is 91.1 cm³/mol. The van der Waals surface area contributed by atoms with Crippen molar-refractivity contribution in [1.29, 1.82) is 0 Å². The Morgan fingerprint density at radius 1 is 1.38 bits per heavy atom. The lowest BCUT2D eigenvalue weighted by Gasteiger charge is -2.17. The molecule has 0 spiro atoms. The molecule has 2 rings (SSSR count). The Kier molecular flexibility index (Phi) is 6.75. The number of nitrogens with two attached hydrogens (primary N) is 2. The van der Waals surface area contributed by atoms with Crippen LogP contribution in [0.25, 0.3) is 0 Å². The van der Waals surface area contributed by atoms with E-state index in [2.05, 4.69) is 14.7 Å². The zero-order chi connectivity index (χ0) is 19.1. The molecule has 0 aliphatic rings. The fourth-order valence-corrected chi connectivity index (χ4v) is 1.95. The number of hydrogen-bond acceptors (Lipinski definition) is 8. The zero-order valence-electron chi connectivity index (χ0n) is 13.6. The number of nitrogens with zero attached hydrogens (tertiary/aromatic N) is 3. The van der Waals surface area contributed by atoms with Crippen LogP contribution in [-0.2, 0) is 0 Å². The number of methoxy groups -OCH3 is 1. The van der Waals surface area contributed by atoms with Gasteiger partial charge in [-0.15, -0.1) is 0 Å². The molecule has 0 aliphatic heterocycles. The summed E-state index contributed by atoms with van der Waals surface area (Å²) in [4.78, 5) is 7.87. The first-order chi connectivity index (χ1) is 12.4. The second-order valence-electron chi connectivity index (χ2n) is 4.77. The average Bonchev–Trinajstić information content (AvgIpc) is 2.61. The Morgan fingerprint density at radius 2 is 2.15 bits per heavy atom. The van der Waals surface area contributed by atoms with Crippen LogP contribution in [0.5, 0.6) is 17.6 Å². The van der Waals surface area contributed by atoms with Crippen LogP contribution in [0.1, 0.15) is 0 Å². The monoisotopic (exact) mass is 387 g/mol. The fraction of sp³-hybridized carbons (Fsp3) is 0.200. The lowest BCUT2D eigenvalue weighted by atomic mass is 10.3. The molecule has 0 amide bonds. The van der Waals surface area contributed by atoms with E-state index in [1.807, 2.05) is 0 Å². The summed E-state index contributed by atoms with van der Waals surface area (Å²) in [5.41, 5.74) is 6.38. The van der Waals surface area contributed by atoms with E-state index in [4.69, 9.17) is 32.7 Å². The number of aromatic nitrogens is 2. The summed E-state index contributed by atoms with van der Waals surface area (Å²) in [6.45, 7) is -3.07. The maximum Gasteiger partial charge on any atom is 0.387 e. The molecule has 26 heavy (non-hydrogen) atoms. The van der Waals surface area contributed by atoms with Crippen LogP contribution in [-0.4, -0.2) is 30.3 Å². The van der Waals surface area contributed by atoms with Crippen LogP contribution in [0, 0.1) is 0 Å². The van der Waals surface area contributed by atoms with Gasteiger partial charge in [-0.3, -0.25) is 5.01 Å². The molecule has 0 radical (unpaired) electrons. The third kappa shape index (κ3) is 5.60. The van der Waals surface area contributed by atoms with Gasteiger partial charge in [-0.2, -0.15) is 13.8 Å². The number of halogens is 3. The van der Waals surface area contributed by atoms with Gasteiger partial charge in [0, 0.05) is 24.5 Å². The molecule has 8 nitrogen and oxygen atoms in total. The predicted octanol–water partition coefficient (Wildman–Crippen LogP) is 2.30. The minimum absolute atomic E-state index is 0.0258. The smallest absolute Gasteiger partial charge is 0.387 e. The quantitative estimate of drug-likeness (QED) is 0.524. The van der Waals surface area contributed by atoms with E-state index in [1.165, 1.54) is 37.7 Å². The SMILES string of the molecule is COc1ccnc(OC/C(N)=C/N(N)c2ccc(Cl)c(OC(F)F)c2)n1. The van der Waals surface area contributed by atoms with Gasteiger partial charge in [0.15, 0.2) is 0 Å². The van der Waals surface area contributed by atoms with Crippen LogP contribution in [0.2, 0.25) is 5.02 Å². The fourth-order valence-electron chi connectivity index (χ4n) is 1.79. The van der Waals surface area contributed by atoms with Crippen molar-refractivity contribution in [3.05, 3.63) is 47.4 Å². The highest BCUT2D eigenvalue weighted by molar-refractivity contribution is 6.32. The van der Waals surface area contributed by atoms with Gasteiger partial charge >= 0.3 is 12.6 Å². The van der Waals surface area contributed by atoms with Crippen molar-refractivity contribution in [2.45, 2.75) is 6.61 Å². The molecule has 0 saturated heterocycles. The van der Waals surface area contributed by atoms with E-state index in [1.54, 1.807) is 6.07 Å². The molecule has 1 aromatic carbocycles. The van der Waals surface area contributed by atoms with Crippen LogP contribution < -0.4 is 30.8 Å². The Hall–Kier alpha value is -2.85. The maximum absolute atomic E-state index is 12.4. The number of ether oxygens (including phenoxy) is 3. The van der Waals surface area contributed by atoms with Crippen molar-refractivity contribution in [3.63, 3.8) is 0 Å². The summed E-state index contributed by atoms with van der Waals surface area (Å²) in [5, 5.41) is 1.14. The van der Waals surface area contributed by atoms with Gasteiger partial charge in [-0.05, 0) is 12.1 Å². The lowest BCUT2D eigenvalue weighted by molar-refractivity contribution is -0.0497. The van der Waals surface area contributed by atoms with Crippen LogP contribution in [0.15, 0.2) is 42.4 Å². The molecule has 0 fully saturated rings. The number of hydrazine groups is 1. The first-order valence-electron chi connectivity index (χ1n) is 7.13. The van der Waals surface area contributed by atoms with Crippen molar-refractivity contribution >= 4 is 17.3 Å². The van der Waals surface area contributed by atoms with Crippen molar-refractivity contribution in [2.24, 2.45) is 11.6 Å². The lowest BCUT2D eigenvalue weighted by Crippen LogP contribution is -2.27. The Bertz CT molecular complexity index is 779. The van der Waals surface area contributed by atoms with E-state index >= 15 is 0 Å². The van der Waals surface area contributed by atoms with Crippen LogP contribution >= 0.6 is 11.6 Å². The highest BCUT2D eigenvalue weighted by atomic mass is 35.5. The van der Waals surface area contributed by atoms with Gasteiger partial charge in [-0.25, -0.2) is 10.8 Å². The molecule has 0 bridgehead atoms. The molecule has 140 valence electrons. The minimum Gasteiger partial charge on any atom is -0.481 e. The maximum atomic E-state index is 12.4. The third-order valence-corrected chi connectivity index (χ3v) is 3.23. The summed E-state index contributed by atoms with van der Waals surface area (Å²) in [6.07, 6.45) is 2.81. The first-order valence-corrected chi connectivity index (χ1v) is 7.51. The van der Waals surface area contributed by atoms with Gasteiger partial charge in [-0.1, -0.05) is 11.6 Å². The number of hydrogen-bond donors (Lipinski definition) is 2. The topological polar surface area (TPSA) is 109 Å². The summed E-state index contributed by atoms with van der Waals surface area (Å²) in [5.74, 6) is 5.98. The molecule has 2 aromatic rings. The molecular formula is C15H16ClF2N5O3. The van der Waals surface area contributed by atoms with Gasteiger partial charge in [0.2, 0.25) is 5.88 Å². The number of alkyl halides is 2. The van der Waals surface area contributed by atoms with Gasteiger partial charge in [0.1, 0.15) is 12.4 Å². The highest BCUT2D eigenvalue weighted by Gasteiger charge is 2.11. The Labute approximate surface area is 152 Å². The van der Waals surface area contributed by atoms with Crippen molar-refractivity contribution in [3.8, 4) is 17.6 Å². The van der Waals surface area contributed by atoms with E-state index in [0.717, 1.165) is 5.01 Å². The molecule has 1 aromatic heterocycles. The summed E-state index contributed by atoms with van der Waals surface area (Å²) >= 11 is 5.79. The molecule has 0 saturated carbocycles. The second kappa shape index (κ2) is 9.02. The normalized spacial score (nSPS) is 11.4. The molecule has 4 N–H and O–H groups in total. The van der Waals surface area contributed by atoms with Crippen LogP contribution in [0.3, 0.4) is 0 Å². The number of rotatable bonds is 8. The second-order valence-corrected chi connectivity index (χ2v) is 5.18. The largest absolute Gasteiger partial charge is 0.481 e. The standard InChI is InChI=1S/C15H16ClF2N5O3/c1-24-13-4-5-21-15(22-13)25-8-9(19)7-23(20)10-2-3-11(16)12(6-10)26-14(17)18/h2-7,14H,8,19-20H2,1H3/b9-7-. The molecule has 11 heteroatoms. The van der Waals surface area contributed by atoms with E-state index in [-0.39, 0.29) is 29.1 Å². The molecule has 0 unspecified atom stereocenters. The highest BCUT2D eigenvalue weighted by Crippen LogP contribution is 2.30.